The second-order valence-electron chi connectivity index (χ2n) is 5.65. The van der Waals surface area contributed by atoms with Crippen LogP contribution in [0.5, 0.6) is 11.5 Å². The van der Waals surface area contributed by atoms with E-state index in [-0.39, 0.29) is 12.8 Å². The van der Waals surface area contributed by atoms with Gasteiger partial charge in [-0.25, -0.2) is 4.98 Å². The Morgan fingerprint density at radius 1 is 1.30 bits per heavy atom. The summed E-state index contributed by atoms with van der Waals surface area (Å²) in [6, 6.07) is 7.87. The molecule has 6 heteroatoms. The maximum atomic E-state index is 6.19. The van der Waals surface area contributed by atoms with Gasteiger partial charge in [-0.3, -0.25) is 4.98 Å². The molecule has 0 spiro atoms. The number of pyridine rings is 1. The summed E-state index contributed by atoms with van der Waals surface area (Å²) < 4.78 is 13.1. The van der Waals surface area contributed by atoms with Crippen LogP contribution in [-0.2, 0) is 6.54 Å². The number of imidazole rings is 1. The number of fused-ring (bicyclic) bond motifs is 2. The number of benzene rings is 1. The number of aromatic nitrogens is 3. The maximum Gasteiger partial charge on any atom is 0.231 e. The number of hydrogen-bond donors (Lipinski definition) is 1. The molecule has 2 aromatic heterocycles. The number of nitrogens with two attached hydrogens (primary N) is 1. The van der Waals surface area contributed by atoms with Crippen molar-refractivity contribution in [2.75, 3.05) is 6.79 Å². The minimum Gasteiger partial charge on any atom is -0.454 e. The van der Waals surface area contributed by atoms with Gasteiger partial charge in [-0.15, -0.1) is 0 Å². The van der Waals surface area contributed by atoms with Gasteiger partial charge in [0, 0.05) is 42.7 Å². The summed E-state index contributed by atoms with van der Waals surface area (Å²) in [6.07, 6.45) is 4.47. The van der Waals surface area contributed by atoms with Crippen molar-refractivity contribution >= 4 is 11.0 Å². The molecule has 0 fully saturated rings. The average molecular weight is 310 g/mol. The first kappa shape index (κ1) is 14.0. The van der Waals surface area contributed by atoms with Crippen molar-refractivity contribution in [3.63, 3.8) is 0 Å². The van der Waals surface area contributed by atoms with Gasteiger partial charge in [-0.1, -0.05) is 6.92 Å². The lowest BCUT2D eigenvalue weighted by Crippen LogP contribution is -2.25. The molecular weight excluding hydrogens is 292 g/mol. The molecule has 0 saturated heterocycles. The zero-order valence-electron chi connectivity index (χ0n) is 12.9. The monoisotopic (exact) mass is 310 g/mol. The second kappa shape index (κ2) is 5.55. The average Bonchev–Trinajstić information content (AvgIpc) is 3.18. The lowest BCUT2D eigenvalue weighted by molar-refractivity contribution is 0.174. The van der Waals surface area contributed by atoms with Gasteiger partial charge in [-0.2, -0.15) is 0 Å². The van der Waals surface area contributed by atoms with Gasteiger partial charge in [0.25, 0.3) is 0 Å². The van der Waals surface area contributed by atoms with E-state index in [0.29, 0.717) is 6.54 Å². The van der Waals surface area contributed by atoms with E-state index in [1.807, 2.05) is 30.5 Å². The van der Waals surface area contributed by atoms with Gasteiger partial charge in [0.15, 0.2) is 11.5 Å². The Hall–Kier alpha value is -2.60. The molecule has 23 heavy (non-hydrogen) atoms. The predicted octanol–water partition coefficient (Wildman–Crippen LogP) is 2.56. The first-order valence-electron chi connectivity index (χ1n) is 7.72. The van der Waals surface area contributed by atoms with Crippen LogP contribution in [0.4, 0.5) is 0 Å². The standard InChI is InChI=1S/C17H18N4O2/c1-2-12(18)9-21-14-7-16-15(22-10-23-16)6-13(14)20-17(21)11-4-3-5-19-8-11/h3-8,12H,2,9-10,18H2,1H3. The third-order valence-corrected chi connectivity index (χ3v) is 4.10. The van der Waals surface area contributed by atoms with Crippen LogP contribution in [0, 0.1) is 0 Å². The predicted molar refractivity (Wildman–Crippen MR) is 87.4 cm³/mol. The van der Waals surface area contributed by atoms with Crippen molar-refractivity contribution in [1.82, 2.24) is 14.5 Å². The molecule has 1 unspecified atom stereocenters. The van der Waals surface area contributed by atoms with E-state index in [0.717, 1.165) is 40.3 Å². The largest absolute Gasteiger partial charge is 0.454 e. The fraction of sp³-hybridized carbons (Fsp3) is 0.294. The van der Waals surface area contributed by atoms with Gasteiger partial charge in [-0.05, 0) is 18.6 Å². The highest BCUT2D eigenvalue weighted by atomic mass is 16.7. The van der Waals surface area contributed by atoms with Crippen LogP contribution in [0.15, 0.2) is 36.7 Å². The summed E-state index contributed by atoms with van der Waals surface area (Å²) in [5.41, 5.74) is 9.03. The normalized spacial score (nSPS) is 14.3. The molecule has 0 bridgehead atoms. The molecular formula is C17H18N4O2. The van der Waals surface area contributed by atoms with Crippen molar-refractivity contribution in [1.29, 1.82) is 0 Å². The van der Waals surface area contributed by atoms with E-state index in [1.54, 1.807) is 6.20 Å². The molecule has 1 aromatic carbocycles. The summed E-state index contributed by atoms with van der Waals surface area (Å²) in [5, 5.41) is 0. The van der Waals surface area contributed by atoms with Gasteiger partial charge >= 0.3 is 0 Å². The number of hydrogen-bond acceptors (Lipinski definition) is 5. The molecule has 4 rings (SSSR count). The SMILES string of the molecule is CCC(N)Cn1c(-c2cccnc2)nc2cc3c(cc21)OCO3. The Kier molecular flexibility index (Phi) is 3.38. The third-order valence-electron chi connectivity index (χ3n) is 4.10. The van der Waals surface area contributed by atoms with E-state index < -0.39 is 0 Å². The van der Waals surface area contributed by atoms with Crippen molar-refractivity contribution in [2.45, 2.75) is 25.9 Å². The van der Waals surface area contributed by atoms with E-state index in [9.17, 15) is 0 Å². The molecule has 1 atom stereocenters. The van der Waals surface area contributed by atoms with Crippen molar-refractivity contribution < 1.29 is 9.47 Å². The van der Waals surface area contributed by atoms with E-state index in [1.165, 1.54) is 0 Å². The lowest BCUT2D eigenvalue weighted by Gasteiger charge is -2.14. The van der Waals surface area contributed by atoms with Crippen molar-refractivity contribution in [3.05, 3.63) is 36.7 Å². The van der Waals surface area contributed by atoms with Gasteiger partial charge in [0.2, 0.25) is 6.79 Å². The van der Waals surface area contributed by atoms with E-state index >= 15 is 0 Å². The summed E-state index contributed by atoms with van der Waals surface area (Å²) in [7, 11) is 0. The molecule has 1 aliphatic rings. The van der Waals surface area contributed by atoms with Crippen LogP contribution >= 0.6 is 0 Å². The molecule has 6 nitrogen and oxygen atoms in total. The Balaban J connectivity index is 1.92. The molecule has 1 aliphatic heterocycles. The van der Waals surface area contributed by atoms with Crippen LogP contribution in [0.2, 0.25) is 0 Å². The van der Waals surface area contributed by atoms with Crippen LogP contribution < -0.4 is 15.2 Å². The smallest absolute Gasteiger partial charge is 0.231 e. The number of nitrogens with zero attached hydrogens (tertiary/aromatic N) is 3. The van der Waals surface area contributed by atoms with Gasteiger partial charge in [0.05, 0.1) is 11.0 Å². The number of rotatable bonds is 4. The molecule has 3 aromatic rings. The maximum absolute atomic E-state index is 6.19. The summed E-state index contributed by atoms with van der Waals surface area (Å²) >= 11 is 0. The van der Waals surface area contributed by atoms with Crippen LogP contribution in [0.1, 0.15) is 13.3 Å². The topological polar surface area (TPSA) is 75.2 Å². The lowest BCUT2D eigenvalue weighted by atomic mass is 10.2. The van der Waals surface area contributed by atoms with Gasteiger partial charge < -0.3 is 19.8 Å². The molecule has 3 heterocycles. The van der Waals surface area contributed by atoms with Crippen LogP contribution in [-0.4, -0.2) is 27.4 Å². The second-order valence-corrected chi connectivity index (χ2v) is 5.65. The Morgan fingerprint density at radius 3 is 2.87 bits per heavy atom. The molecule has 118 valence electrons. The molecule has 0 radical (unpaired) electrons. The van der Waals surface area contributed by atoms with E-state index in [2.05, 4.69) is 16.5 Å². The fourth-order valence-electron chi connectivity index (χ4n) is 2.78. The number of ether oxygens (including phenoxy) is 2. The quantitative estimate of drug-likeness (QED) is 0.801. The zero-order valence-corrected chi connectivity index (χ0v) is 12.9. The molecule has 0 saturated carbocycles. The van der Waals surface area contributed by atoms with Crippen molar-refractivity contribution in [2.24, 2.45) is 5.73 Å². The summed E-state index contributed by atoms with van der Waals surface area (Å²) in [4.78, 5) is 8.98. The first-order chi connectivity index (χ1) is 11.3. The van der Waals surface area contributed by atoms with Crippen molar-refractivity contribution in [3.8, 4) is 22.9 Å². The minimum absolute atomic E-state index is 0.0632. The Labute approximate surface area is 133 Å². The molecule has 2 N–H and O–H groups in total. The van der Waals surface area contributed by atoms with Crippen LogP contribution in [0.25, 0.3) is 22.4 Å². The van der Waals surface area contributed by atoms with Crippen LogP contribution in [0.3, 0.4) is 0 Å². The Morgan fingerprint density at radius 2 is 2.13 bits per heavy atom. The first-order valence-corrected chi connectivity index (χ1v) is 7.72. The summed E-state index contributed by atoms with van der Waals surface area (Å²) in [6.45, 7) is 3.03. The van der Waals surface area contributed by atoms with E-state index in [4.69, 9.17) is 20.2 Å². The Bertz CT molecular complexity index is 845. The zero-order chi connectivity index (χ0) is 15.8. The highest BCUT2D eigenvalue weighted by molar-refractivity contribution is 5.84. The molecule has 0 aliphatic carbocycles. The highest BCUT2D eigenvalue weighted by Gasteiger charge is 2.20. The molecule has 0 amide bonds. The van der Waals surface area contributed by atoms with Gasteiger partial charge in [0.1, 0.15) is 5.82 Å². The minimum atomic E-state index is 0.0632. The highest BCUT2D eigenvalue weighted by Crippen LogP contribution is 2.37. The summed E-state index contributed by atoms with van der Waals surface area (Å²) in [5.74, 6) is 2.35. The third kappa shape index (κ3) is 2.41. The fourth-order valence-corrected chi connectivity index (χ4v) is 2.78.